The van der Waals surface area contributed by atoms with Crippen LogP contribution in [-0.2, 0) is 12.6 Å². The van der Waals surface area contributed by atoms with Crippen molar-refractivity contribution >= 4 is 27.5 Å². The molecule has 6 atom stereocenters. The van der Waals surface area contributed by atoms with Crippen molar-refractivity contribution in [3.05, 3.63) is 71.3 Å². The first-order valence-corrected chi connectivity index (χ1v) is 18.5. The van der Waals surface area contributed by atoms with Gasteiger partial charge in [-0.15, -0.1) is 6.42 Å². The summed E-state index contributed by atoms with van der Waals surface area (Å²) in [6.07, 6.45) is 7.81. The Hall–Kier alpha value is -5.20. The van der Waals surface area contributed by atoms with Gasteiger partial charge in [-0.1, -0.05) is 30.2 Å². The number of piperidine rings is 1. The van der Waals surface area contributed by atoms with Crippen LogP contribution >= 0.6 is 0 Å². The van der Waals surface area contributed by atoms with Crippen LogP contribution in [0.3, 0.4) is 0 Å². The highest BCUT2D eigenvalue weighted by atomic mass is 19.4. The summed E-state index contributed by atoms with van der Waals surface area (Å²) in [6.45, 7) is 1.06. The highest BCUT2D eigenvalue weighted by Gasteiger charge is 2.85. The number of rotatable bonds is 10. The topological polar surface area (TPSA) is 124 Å². The summed E-state index contributed by atoms with van der Waals surface area (Å²) in [5.41, 5.74) is 7.46. The molecular formula is C40H35F5N8O2. The average Bonchev–Trinajstić information content (AvgIpc) is 3.66. The largest absolute Gasteiger partial charge is 0.476 e. The van der Waals surface area contributed by atoms with Crippen LogP contribution in [0.2, 0.25) is 0 Å². The number of aromatic nitrogens is 5. The molecule has 0 radical (unpaired) electrons. The Labute approximate surface area is 312 Å². The van der Waals surface area contributed by atoms with E-state index in [1.807, 2.05) is 0 Å². The van der Waals surface area contributed by atoms with Gasteiger partial charge < -0.3 is 20.5 Å². The van der Waals surface area contributed by atoms with Crippen LogP contribution in [0.25, 0.3) is 32.9 Å². The number of nitrogens with zero attached hydrogens (tertiary/aromatic N) is 6. The molecule has 5 fully saturated rings. The second-order valence-corrected chi connectivity index (χ2v) is 15.5. The van der Waals surface area contributed by atoms with E-state index < -0.39 is 29.2 Å². The van der Waals surface area contributed by atoms with Gasteiger partial charge >= 0.3 is 12.2 Å². The van der Waals surface area contributed by atoms with Crippen molar-refractivity contribution in [2.24, 2.45) is 11.3 Å². The molecule has 1 spiro atoms. The molecule has 3 aliphatic heterocycles. The first-order chi connectivity index (χ1) is 26.5. The summed E-state index contributed by atoms with van der Waals surface area (Å²) in [5.74, 6) is 0.261. The first-order valence-electron chi connectivity index (χ1n) is 18.5. The second kappa shape index (κ2) is 12.1. The molecule has 3 N–H and O–H groups in total. The number of pyridine rings is 1. The molecule has 3 aromatic heterocycles. The van der Waals surface area contributed by atoms with Crippen LogP contribution in [0.15, 0.2) is 42.6 Å². The highest BCUT2D eigenvalue weighted by molar-refractivity contribution is 6.02. The minimum Gasteiger partial charge on any atom is -0.476 e. The fraction of sp³-hybridized carbons (Fsp3) is 0.425. The Bertz CT molecular complexity index is 2460. The Kier molecular flexibility index (Phi) is 7.58. The van der Waals surface area contributed by atoms with E-state index >= 15 is 8.78 Å². The molecule has 10 nitrogen and oxygen atoms in total. The van der Waals surface area contributed by atoms with Crippen molar-refractivity contribution in [3.63, 3.8) is 0 Å². The van der Waals surface area contributed by atoms with Crippen molar-refractivity contribution < 1.29 is 31.4 Å². The summed E-state index contributed by atoms with van der Waals surface area (Å²) >= 11 is 0. The fourth-order valence-electron chi connectivity index (χ4n) is 10.0. The maximum Gasteiger partial charge on any atom is 0.451 e. The lowest BCUT2D eigenvalue weighted by Crippen LogP contribution is -2.48. The number of aryl methyl sites for hydroxylation is 1. The third-order valence-corrected chi connectivity index (χ3v) is 12.8. The maximum absolute atomic E-state index is 17.0. The van der Waals surface area contributed by atoms with Crippen molar-refractivity contribution in [2.75, 3.05) is 25.5 Å². The molecule has 2 saturated carbocycles. The molecule has 1 unspecified atom stereocenters. The molecule has 0 amide bonds. The number of nitrogens with two attached hydrogens (primary N) is 1. The smallest absolute Gasteiger partial charge is 0.451 e. The Balaban J connectivity index is 0.958. The number of nitrogens with one attached hydrogen (secondary N) is 1. The van der Waals surface area contributed by atoms with Gasteiger partial charge in [0.25, 0.3) is 0 Å². The van der Waals surface area contributed by atoms with E-state index in [2.05, 4.69) is 36.1 Å². The third-order valence-electron chi connectivity index (χ3n) is 12.8. The molecule has 2 aliphatic carbocycles. The number of alkyl halides is 3. The molecular weight excluding hydrogens is 719 g/mol. The standard InChI is InChI=1S/C40H35F5N8O2/c1-2-22-25(41)9-7-20-5-3-6-23(29(20)22)32-31(42)33-30(26(48-32)10-8-24-34-39(24)17-27(39)49-34)35(46)52-37(51-33)55-19-38-13-4-16-53(38)21(11-14-38)18-54-28-12-15-47-36(50-28)40(43,44)45/h1,3,5-7,9,12,15,21,24,27,34,49H,4,8,10-11,13-14,16-19H2,(H2,46,51,52)/t21-,24+,27-,34+,38-,39?/m0/s1. The van der Waals surface area contributed by atoms with Crippen molar-refractivity contribution in [3.8, 4) is 35.5 Å². The van der Waals surface area contributed by atoms with Gasteiger partial charge in [-0.25, -0.2) is 18.7 Å². The normalized spacial score (nSPS) is 27.6. The summed E-state index contributed by atoms with van der Waals surface area (Å²) in [7, 11) is 0. The van der Waals surface area contributed by atoms with E-state index in [9.17, 15) is 13.2 Å². The quantitative estimate of drug-likeness (QED) is 0.125. The summed E-state index contributed by atoms with van der Waals surface area (Å²) in [5, 5.41) is 4.94. The molecule has 55 heavy (non-hydrogen) atoms. The van der Waals surface area contributed by atoms with Crippen molar-refractivity contribution in [2.45, 2.75) is 74.8 Å². The monoisotopic (exact) mass is 754 g/mol. The molecule has 10 rings (SSSR count). The van der Waals surface area contributed by atoms with Crippen LogP contribution < -0.4 is 20.5 Å². The van der Waals surface area contributed by atoms with Gasteiger partial charge in [0.1, 0.15) is 36.1 Å². The lowest BCUT2D eigenvalue weighted by molar-refractivity contribution is -0.145. The minimum absolute atomic E-state index is 0.0103. The van der Waals surface area contributed by atoms with Gasteiger partial charge in [0.15, 0.2) is 5.82 Å². The zero-order valence-electron chi connectivity index (χ0n) is 29.5. The third kappa shape index (κ3) is 5.32. The minimum atomic E-state index is -4.68. The van der Waals surface area contributed by atoms with Gasteiger partial charge in [0.2, 0.25) is 11.7 Å². The number of halogens is 5. The van der Waals surface area contributed by atoms with Gasteiger partial charge in [0, 0.05) is 46.8 Å². The summed E-state index contributed by atoms with van der Waals surface area (Å²) < 4.78 is 83.5. The van der Waals surface area contributed by atoms with Crippen LogP contribution in [-0.4, -0.2) is 73.2 Å². The number of terminal acetylenes is 1. The molecule has 282 valence electrons. The van der Waals surface area contributed by atoms with Gasteiger partial charge in [0.05, 0.1) is 22.2 Å². The molecule has 15 heteroatoms. The number of hydrogen-bond acceptors (Lipinski definition) is 10. The van der Waals surface area contributed by atoms with Crippen LogP contribution in [0.1, 0.15) is 55.6 Å². The highest BCUT2D eigenvalue weighted by Crippen LogP contribution is 2.78. The zero-order valence-corrected chi connectivity index (χ0v) is 29.5. The first kappa shape index (κ1) is 34.3. The van der Waals surface area contributed by atoms with E-state index in [0.717, 1.165) is 44.8 Å². The maximum atomic E-state index is 17.0. The fourth-order valence-corrected chi connectivity index (χ4v) is 10.0. The van der Waals surface area contributed by atoms with Crippen LogP contribution in [0.5, 0.6) is 11.9 Å². The van der Waals surface area contributed by atoms with Gasteiger partial charge in [-0.05, 0) is 68.9 Å². The Morgan fingerprint density at radius 3 is 2.67 bits per heavy atom. The Morgan fingerprint density at radius 2 is 1.91 bits per heavy atom. The van der Waals surface area contributed by atoms with Gasteiger partial charge in [-0.3, -0.25) is 4.90 Å². The van der Waals surface area contributed by atoms with E-state index in [4.69, 9.17) is 26.6 Å². The van der Waals surface area contributed by atoms with Crippen LogP contribution in [0.4, 0.5) is 27.8 Å². The molecule has 6 heterocycles. The number of nitrogen functional groups attached to an aromatic ring is 1. The lowest BCUT2D eigenvalue weighted by Gasteiger charge is -2.34. The van der Waals surface area contributed by atoms with E-state index in [1.165, 1.54) is 18.6 Å². The predicted octanol–water partition coefficient (Wildman–Crippen LogP) is 6.24. The molecule has 2 aromatic carbocycles. The number of hydrogen-bond donors (Lipinski definition) is 2. The summed E-state index contributed by atoms with van der Waals surface area (Å²) in [4.78, 5) is 23.1. The molecule has 5 aromatic rings. The molecule has 3 saturated heterocycles. The number of anilines is 1. The second-order valence-electron chi connectivity index (χ2n) is 15.5. The zero-order chi connectivity index (χ0) is 37.9. The van der Waals surface area contributed by atoms with E-state index in [0.29, 0.717) is 57.3 Å². The number of ether oxygens (including phenoxy) is 2. The predicted molar refractivity (Wildman–Crippen MR) is 192 cm³/mol. The average molecular weight is 755 g/mol. The Morgan fingerprint density at radius 1 is 1.04 bits per heavy atom. The van der Waals surface area contributed by atoms with E-state index in [-0.39, 0.29) is 53.7 Å². The summed E-state index contributed by atoms with van der Waals surface area (Å²) in [6, 6.07) is 10.4. The SMILES string of the molecule is C#Cc1c(F)ccc2cccc(-c3nc(CC[C@@H]4[C@H]5N[C@H]6CC645)c4c(N)nc(OC[C@@]56CCCN5[C@H](COc5ccnc(C(F)(F)F)n5)CC6)nc4c3F)c12. The number of fused-ring (bicyclic) bond motifs is 3. The number of benzene rings is 2. The van der Waals surface area contributed by atoms with Crippen LogP contribution in [0, 0.1) is 35.3 Å². The van der Waals surface area contributed by atoms with Crippen molar-refractivity contribution in [1.29, 1.82) is 0 Å². The van der Waals surface area contributed by atoms with Crippen molar-refractivity contribution in [1.82, 2.24) is 35.1 Å². The van der Waals surface area contributed by atoms with E-state index in [1.54, 1.807) is 24.3 Å². The molecule has 5 aliphatic rings. The van der Waals surface area contributed by atoms with Gasteiger partial charge in [-0.2, -0.15) is 28.1 Å². The molecule has 0 bridgehead atoms. The lowest BCUT2D eigenvalue weighted by atomic mass is 9.95.